The van der Waals surface area contributed by atoms with Gasteiger partial charge in [0, 0.05) is 17.0 Å². The number of nitrogens with zero attached hydrogens (tertiary/aromatic N) is 1. The molecule has 0 saturated carbocycles. The molecule has 8 aromatic carbocycles. The van der Waals surface area contributed by atoms with E-state index in [9.17, 15) is 0 Å². The lowest BCUT2D eigenvalue weighted by Crippen LogP contribution is -2.28. The molecular formula is C66H60N2O. The number of carbonyl (C=O) groups excluding carboxylic acids is 1. The maximum absolute atomic E-state index is 8.00. The van der Waals surface area contributed by atoms with Crippen LogP contribution in [0.25, 0.3) is 38.6 Å². The van der Waals surface area contributed by atoms with Crippen molar-refractivity contribution in [2.24, 2.45) is 5.92 Å². The largest absolute Gasteiger partial charge is 0.359 e. The molecule has 1 spiro atoms. The number of fused-ring (bicyclic) bond motifs is 20. The van der Waals surface area contributed by atoms with Gasteiger partial charge in [-0.05, 0) is 130 Å². The van der Waals surface area contributed by atoms with Crippen LogP contribution in [0.2, 0.25) is 0 Å². The Labute approximate surface area is 408 Å². The van der Waals surface area contributed by atoms with Gasteiger partial charge in [-0.15, -0.1) is 13.2 Å². The zero-order chi connectivity index (χ0) is 47.6. The molecule has 2 aliphatic heterocycles. The second-order valence-corrected chi connectivity index (χ2v) is 18.9. The van der Waals surface area contributed by atoms with E-state index in [1.165, 1.54) is 125 Å². The van der Waals surface area contributed by atoms with Gasteiger partial charge in [0.1, 0.15) is 13.0 Å². The molecule has 340 valence electrons. The molecule has 3 unspecified atom stereocenters. The molecule has 0 saturated heterocycles. The molecule has 0 bridgehead atoms. The van der Waals surface area contributed by atoms with E-state index < -0.39 is 0 Å². The van der Waals surface area contributed by atoms with Crippen LogP contribution in [0.4, 0.5) is 17.1 Å². The second kappa shape index (κ2) is 19.1. The lowest BCUT2D eigenvalue weighted by Gasteiger charge is -2.37. The molecule has 3 atom stereocenters. The van der Waals surface area contributed by atoms with Crippen molar-refractivity contribution in [3.8, 4) is 22.3 Å². The highest BCUT2D eigenvalue weighted by Gasteiger charge is 2.55. The van der Waals surface area contributed by atoms with Crippen LogP contribution in [-0.2, 0) is 10.2 Å². The number of para-hydroxylation sites is 2. The van der Waals surface area contributed by atoms with E-state index in [0.29, 0.717) is 5.92 Å². The number of hydrogen-bond donors (Lipinski definition) is 1. The van der Waals surface area contributed by atoms with Gasteiger partial charge < -0.3 is 15.0 Å². The summed E-state index contributed by atoms with van der Waals surface area (Å²) in [5, 5.41) is 6.51. The van der Waals surface area contributed by atoms with Crippen molar-refractivity contribution >= 4 is 40.2 Å². The van der Waals surface area contributed by atoms with Crippen molar-refractivity contribution in [3.63, 3.8) is 0 Å². The Kier molecular flexibility index (Phi) is 12.5. The van der Waals surface area contributed by atoms with Crippen molar-refractivity contribution in [2.45, 2.75) is 64.0 Å². The zero-order valence-electron chi connectivity index (χ0n) is 40.1. The summed E-state index contributed by atoms with van der Waals surface area (Å²) >= 11 is 0. The molecule has 8 aromatic rings. The number of carbonyl (C=O) groups is 1. The number of allylic oxidation sites excluding steroid dienone is 6. The van der Waals surface area contributed by atoms with Crippen LogP contribution in [0.5, 0.6) is 0 Å². The standard InChI is InChI=1S/C49H34N2.C7H12.C7H8.C2H4.CH2O/c1-29-18-22-36-37-23-20-31(27-43(37)49(42(36)26-29)40-14-6-4-12-34(40)35-13-5-7-15-41(35)49)32-21-24-38-39-25-19-30-10-2-3-11-33(30)47(39)48-50-44-16-8-9-17-45(44)51(48)46(38)28-32;2*1-7-5-3-2-4-6-7;2*1-2/h2-22,24-28,37,48,50H,23H2,1H3;2-3,7H,4-6H2,1H3;2-6H,1H3;1-2H2;1H2. The van der Waals surface area contributed by atoms with Crippen LogP contribution in [0.1, 0.15) is 89.2 Å². The van der Waals surface area contributed by atoms with Gasteiger partial charge in [-0.3, -0.25) is 0 Å². The van der Waals surface area contributed by atoms with Crippen LogP contribution in [0.3, 0.4) is 0 Å². The van der Waals surface area contributed by atoms with Crippen LogP contribution < -0.4 is 10.2 Å². The quantitative estimate of drug-likeness (QED) is 0.167. The minimum Gasteiger partial charge on any atom is -0.359 e. The van der Waals surface area contributed by atoms with Crippen molar-refractivity contribution in [1.82, 2.24) is 0 Å². The fourth-order valence-electron chi connectivity index (χ4n) is 11.9. The van der Waals surface area contributed by atoms with E-state index in [1.807, 2.05) is 25.0 Å². The number of hydrogen-bond acceptors (Lipinski definition) is 3. The Balaban J connectivity index is 0.000000262. The summed E-state index contributed by atoms with van der Waals surface area (Å²) in [6.07, 6.45) is 14.7. The number of nitrogens with one attached hydrogen (secondary N) is 1. The summed E-state index contributed by atoms with van der Waals surface area (Å²) in [6, 6.07) is 65.2. The fourth-order valence-corrected chi connectivity index (χ4v) is 11.9. The lowest BCUT2D eigenvalue weighted by atomic mass is 9.68. The van der Waals surface area contributed by atoms with E-state index in [4.69, 9.17) is 4.79 Å². The predicted molar refractivity (Wildman–Crippen MR) is 292 cm³/mol. The molecule has 14 rings (SSSR count). The lowest BCUT2D eigenvalue weighted by molar-refractivity contribution is -0.0980. The Morgan fingerprint density at radius 3 is 1.97 bits per heavy atom. The molecule has 0 aromatic heterocycles. The minimum absolute atomic E-state index is 0.0247. The van der Waals surface area contributed by atoms with E-state index >= 15 is 0 Å². The van der Waals surface area contributed by atoms with Gasteiger partial charge in [0.2, 0.25) is 0 Å². The SMILES string of the molecule is C=C.C=O.CC1CC=CCC1.Cc1ccc2c(c1)C1(C3=CC(c4ccc5c(c4)N4c6ccccc6NC4c4c-5ccc5ccccc45)=CCC32)c2ccccc2-c2ccccc21.Cc1ccccc1. The Morgan fingerprint density at radius 1 is 0.594 bits per heavy atom. The van der Waals surface area contributed by atoms with E-state index in [0.717, 1.165) is 12.3 Å². The van der Waals surface area contributed by atoms with Gasteiger partial charge in [-0.25, -0.2) is 0 Å². The molecule has 4 aliphatic carbocycles. The van der Waals surface area contributed by atoms with Gasteiger partial charge >= 0.3 is 0 Å². The highest BCUT2D eigenvalue weighted by atomic mass is 16.1. The monoisotopic (exact) mass is 896 g/mol. The summed E-state index contributed by atoms with van der Waals surface area (Å²) in [4.78, 5) is 10.5. The number of anilines is 3. The van der Waals surface area contributed by atoms with Gasteiger partial charge in [-0.1, -0.05) is 200 Å². The summed E-state index contributed by atoms with van der Waals surface area (Å²) in [7, 11) is 0. The number of rotatable bonds is 1. The molecule has 0 amide bonds. The zero-order valence-corrected chi connectivity index (χ0v) is 40.1. The highest BCUT2D eigenvalue weighted by Crippen LogP contribution is 2.66. The molecular weight excluding hydrogens is 837 g/mol. The number of aryl methyl sites for hydroxylation is 2. The third-order valence-corrected chi connectivity index (χ3v) is 14.9. The van der Waals surface area contributed by atoms with Gasteiger partial charge in [0.25, 0.3) is 0 Å². The first-order chi connectivity index (χ1) is 34.0. The van der Waals surface area contributed by atoms with Crippen molar-refractivity contribution in [3.05, 3.63) is 263 Å². The molecule has 1 N–H and O–H groups in total. The molecule has 69 heavy (non-hydrogen) atoms. The summed E-state index contributed by atoms with van der Waals surface area (Å²) in [6.45, 7) is 14.6. The molecule has 3 nitrogen and oxygen atoms in total. The summed E-state index contributed by atoms with van der Waals surface area (Å²) in [5.74, 6) is 1.30. The van der Waals surface area contributed by atoms with Gasteiger partial charge in [-0.2, -0.15) is 0 Å². The second-order valence-electron chi connectivity index (χ2n) is 18.9. The van der Waals surface area contributed by atoms with Crippen LogP contribution in [-0.4, -0.2) is 6.79 Å². The Morgan fingerprint density at radius 2 is 1.28 bits per heavy atom. The third kappa shape index (κ3) is 7.58. The third-order valence-electron chi connectivity index (χ3n) is 14.9. The topological polar surface area (TPSA) is 32.3 Å². The van der Waals surface area contributed by atoms with Crippen molar-refractivity contribution in [2.75, 3.05) is 10.2 Å². The van der Waals surface area contributed by atoms with Crippen LogP contribution >= 0.6 is 0 Å². The Bertz CT molecular complexity index is 3250. The van der Waals surface area contributed by atoms with E-state index in [-0.39, 0.29) is 11.6 Å². The maximum Gasteiger partial charge on any atom is 0.131 e. The normalized spacial score (nSPS) is 18.2. The average Bonchev–Trinajstić information content (AvgIpc) is 4.04. The molecule has 3 heteroatoms. The van der Waals surface area contributed by atoms with Crippen molar-refractivity contribution < 1.29 is 4.79 Å². The molecule has 0 fully saturated rings. The maximum atomic E-state index is 8.00. The Hall–Kier alpha value is -7.75. The first-order valence-corrected chi connectivity index (χ1v) is 24.5. The molecule has 2 heterocycles. The average molecular weight is 897 g/mol. The van der Waals surface area contributed by atoms with Crippen molar-refractivity contribution in [1.29, 1.82) is 0 Å². The highest BCUT2D eigenvalue weighted by molar-refractivity contribution is 6.03. The predicted octanol–water partition coefficient (Wildman–Crippen LogP) is 17.2. The minimum atomic E-state index is -0.296. The van der Waals surface area contributed by atoms with Gasteiger partial charge in [0.05, 0.1) is 22.5 Å². The van der Waals surface area contributed by atoms with E-state index in [2.05, 4.69) is 226 Å². The van der Waals surface area contributed by atoms with Crippen LogP contribution in [0, 0.1) is 19.8 Å². The molecule has 6 aliphatic rings. The first-order valence-electron chi connectivity index (χ1n) is 24.5. The van der Waals surface area contributed by atoms with Gasteiger partial charge in [0.15, 0.2) is 0 Å². The molecule has 0 radical (unpaired) electrons. The first kappa shape index (κ1) is 45.1. The summed E-state index contributed by atoms with van der Waals surface area (Å²) < 4.78 is 0. The van der Waals surface area contributed by atoms with E-state index in [1.54, 1.807) is 0 Å². The van der Waals surface area contributed by atoms with Crippen LogP contribution in [0.15, 0.2) is 219 Å². The fraction of sp³-hybridized carbons (Fsp3) is 0.167. The summed E-state index contributed by atoms with van der Waals surface area (Å²) in [5.41, 5.74) is 22.6. The number of benzene rings is 8. The smallest absolute Gasteiger partial charge is 0.131 e.